The second kappa shape index (κ2) is 7.08. The second-order valence-electron chi connectivity index (χ2n) is 7.21. The van der Waals surface area contributed by atoms with Gasteiger partial charge < -0.3 is 10.6 Å². The minimum atomic E-state index is -0.0889. The van der Waals surface area contributed by atoms with Crippen LogP contribution >= 0.6 is 0 Å². The number of carbonyl (C=O) groups excluding carboxylic acids is 1. The summed E-state index contributed by atoms with van der Waals surface area (Å²) >= 11 is 0. The van der Waals surface area contributed by atoms with Crippen LogP contribution in [0.4, 0.5) is 0 Å². The zero-order valence-electron chi connectivity index (χ0n) is 15.7. The van der Waals surface area contributed by atoms with Crippen molar-refractivity contribution in [2.45, 2.75) is 45.2 Å². The van der Waals surface area contributed by atoms with Gasteiger partial charge in [-0.25, -0.2) is 4.68 Å². The van der Waals surface area contributed by atoms with Gasteiger partial charge in [0.1, 0.15) is 0 Å². The zero-order valence-corrected chi connectivity index (χ0v) is 15.7. The predicted octanol–water partition coefficient (Wildman–Crippen LogP) is 2.47. The van der Waals surface area contributed by atoms with Gasteiger partial charge in [-0.05, 0) is 45.2 Å². The van der Waals surface area contributed by atoms with E-state index in [9.17, 15) is 4.79 Å². The molecular formula is C20H24N6O. The number of para-hydroxylation sites is 1. The van der Waals surface area contributed by atoms with Crippen molar-refractivity contribution >= 4 is 16.8 Å². The Morgan fingerprint density at radius 3 is 2.89 bits per heavy atom. The van der Waals surface area contributed by atoms with Gasteiger partial charge in [0.2, 0.25) is 0 Å². The molecule has 27 heavy (non-hydrogen) atoms. The molecule has 1 amide bonds. The van der Waals surface area contributed by atoms with Crippen molar-refractivity contribution in [3.05, 3.63) is 47.9 Å². The van der Waals surface area contributed by atoms with Crippen molar-refractivity contribution in [1.82, 2.24) is 24.9 Å². The van der Waals surface area contributed by atoms with E-state index >= 15 is 0 Å². The highest BCUT2D eigenvalue weighted by Crippen LogP contribution is 2.24. The summed E-state index contributed by atoms with van der Waals surface area (Å²) in [4.78, 5) is 19.5. The summed E-state index contributed by atoms with van der Waals surface area (Å²) in [6.07, 6.45) is 4.79. The molecule has 1 saturated heterocycles. The third-order valence-corrected chi connectivity index (χ3v) is 5.35. The molecule has 2 unspecified atom stereocenters. The molecule has 140 valence electrons. The first-order valence-electron chi connectivity index (χ1n) is 9.41. The van der Waals surface area contributed by atoms with Crippen LogP contribution in [0.15, 0.2) is 36.5 Å². The molecule has 0 radical (unpaired) electrons. The summed E-state index contributed by atoms with van der Waals surface area (Å²) in [7, 11) is 0. The van der Waals surface area contributed by atoms with Crippen molar-refractivity contribution in [2.75, 3.05) is 6.54 Å². The first kappa shape index (κ1) is 17.6. The highest BCUT2D eigenvalue weighted by atomic mass is 16.2. The van der Waals surface area contributed by atoms with Crippen LogP contribution in [0.5, 0.6) is 0 Å². The quantitative estimate of drug-likeness (QED) is 0.771. The molecular weight excluding hydrogens is 340 g/mol. The Morgan fingerprint density at radius 1 is 1.26 bits per heavy atom. The molecule has 0 bridgehead atoms. The summed E-state index contributed by atoms with van der Waals surface area (Å²) in [5, 5.41) is 9.51. The molecule has 2 atom stereocenters. The molecule has 0 saturated carbocycles. The maximum Gasteiger partial charge on any atom is 0.276 e. The lowest BCUT2D eigenvalue weighted by Gasteiger charge is -2.37. The van der Waals surface area contributed by atoms with Crippen molar-refractivity contribution in [3.63, 3.8) is 0 Å². The minimum Gasteiger partial charge on any atom is -0.333 e. The third kappa shape index (κ3) is 3.08. The molecule has 1 aliphatic heterocycles. The number of amides is 1. The zero-order chi connectivity index (χ0) is 19.0. The number of hydrogen-bond donors (Lipinski definition) is 1. The average Bonchev–Trinajstić information content (AvgIpc) is 3.08. The van der Waals surface area contributed by atoms with Crippen LogP contribution in [0, 0.1) is 6.92 Å². The van der Waals surface area contributed by atoms with Crippen molar-refractivity contribution in [3.8, 4) is 5.69 Å². The van der Waals surface area contributed by atoms with E-state index in [4.69, 9.17) is 5.73 Å². The van der Waals surface area contributed by atoms with Crippen LogP contribution in [0.25, 0.3) is 16.6 Å². The molecule has 4 rings (SSSR count). The number of nitrogens with two attached hydrogens (primary N) is 1. The van der Waals surface area contributed by atoms with E-state index in [1.165, 1.54) is 0 Å². The number of aromatic nitrogens is 4. The number of nitrogens with zero attached hydrogens (tertiary/aromatic N) is 5. The van der Waals surface area contributed by atoms with Gasteiger partial charge in [-0.1, -0.05) is 23.4 Å². The van der Waals surface area contributed by atoms with Gasteiger partial charge in [-0.2, -0.15) is 0 Å². The predicted molar refractivity (Wildman–Crippen MR) is 104 cm³/mol. The molecule has 7 heteroatoms. The van der Waals surface area contributed by atoms with E-state index in [1.807, 2.05) is 49.1 Å². The van der Waals surface area contributed by atoms with Gasteiger partial charge in [-0.15, -0.1) is 5.10 Å². The summed E-state index contributed by atoms with van der Waals surface area (Å²) in [5.41, 5.74) is 8.88. The summed E-state index contributed by atoms with van der Waals surface area (Å²) in [6, 6.07) is 9.80. The fourth-order valence-electron chi connectivity index (χ4n) is 3.91. The van der Waals surface area contributed by atoms with Crippen molar-refractivity contribution in [2.24, 2.45) is 5.73 Å². The molecule has 3 aromatic rings. The molecule has 1 aromatic carbocycles. The van der Waals surface area contributed by atoms with Crippen LogP contribution in [0.1, 0.15) is 42.4 Å². The standard InChI is InChI=1S/C20H24N6O/c1-13(21)16-9-3-4-12-25(16)20(27)18-14(2)26(24-23-18)17-10-5-7-15-8-6-11-22-19(15)17/h5-8,10-11,13,16H,3-4,9,12,21H2,1-2H3. The summed E-state index contributed by atoms with van der Waals surface area (Å²) in [6.45, 7) is 4.55. The molecule has 1 fully saturated rings. The fraction of sp³-hybridized carbons (Fsp3) is 0.400. The topological polar surface area (TPSA) is 89.9 Å². The Kier molecular flexibility index (Phi) is 4.61. The van der Waals surface area contributed by atoms with Gasteiger partial charge >= 0.3 is 0 Å². The Hall–Kier alpha value is -2.80. The number of likely N-dealkylation sites (tertiary alicyclic amines) is 1. The lowest BCUT2D eigenvalue weighted by Crippen LogP contribution is -2.51. The Balaban J connectivity index is 1.73. The van der Waals surface area contributed by atoms with E-state index in [2.05, 4.69) is 15.3 Å². The van der Waals surface area contributed by atoms with Crippen LogP contribution < -0.4 is 5.73 Å². The SMILES string of the molecule is Cc1c(C(=O)N2CCCCC2C(C)N)nnn1-c1cccc2cccnc12. The van der Waals surface area contributed by atoms with E-state index in [-0.39, 0.29) is 18.0 Å². The number of hydrogen-bond acceptors (Lipinski definition) is 5. The lowest BCUT2D eigenvalue weighted by molar-refractivity contribution is 0.0577. The van der Waals surface area contributed by atoms with Crippen LogP contribution in [-0.4, -0.2) is 49.4 Å². The lowest BCUT2D eigenvalue weighted by atomic mass is 9.96. The maximum atomic E-state index is 13.2. The second-order valence-corrected chi connectivity index (χ2v) is 7.21. The maximum absolute atomic E-state index is 13.2. The highest BCUT2D eigenvalue weighted by molar-refractivity contribution is 5.94. The van der Waals surface area contributed by atoms with Crippen LogP contribution in [0.2, 0.25) is 0 Å². The van der Waals surface area contributed by atoms with Gasteiger partial charge in [-0.3, -0.25) is 9.78 Å². The molecule has 2 aromatic heterocycles. The Bertz CT molecular complexity index is 974. The van der Waals surface area contributed by atoms with Crippen LogP contribution in [0.3, 0.4) is 0 Å². The molecule has 0 spiro atoms. The van der Waals surface area contributed by atoms with E-state index in [0.29, 0.717) is 17.9 Å². The van der Waals surface area contributed by atoms with Crippen LogP contribution in [-0.2, 0) is 0 Å². The smallest absolute Gasteiger partial charge is 0.276 e. The van der Waals surface area contributed by atoms with Crippen molar-refractivity contribution < 1.29 is 4.79 Å². The number of piperidine rings is 1. The Labute approximate surface area is 158 Å². The van der Waals surface area contributed by atoms with E-state index < -0.39 is 0 Å². The number of pyridine rings is 1. The number of benzene rings is 1. The van der Waals surface area contributed by atoms with Crippen molar-refractivity contribution in [1.29, 1.82) is 0 Å². The van der Waals surface area contributed by atoms with E-state index in [1.54, 1.807) is 10.9 Å². The first-order chi connectivity index (χ1) is 13.1. The molecule has 0 aliphatic carbocycles. The number of fused-ring (bicyclic) bond motifs is 1. The minimum absolute atomic E-state index is 0.0509. The number of carbonyl (C=O) groups is 1. The molecule has 2 N–H and O–H groups in total. The fourth-order valence-corrected chi connectivity index (χ4v) is 3.91. The largest absolute Gasteiger partial charge is 0.333 e. The average molecular weight is 364 g/mol. The Morgan fingerprint density at radius 2 is 2.07 bits per heavy atom. The molecule has 7 nitrogen and oxygen atoms in total. The first-order valence-corrected chi connectivity index (χ1v) is 9.41. The normalized spacial score (nSPS) is 18.6. The van der Waals surface area contributed by atoms with Gasteiger partial charge in [0.25, 0.3) is 5.91 Å². The highest BCUT2D eigenvalue weighted by Gasteiger charge is 2.32. The molecule has 3 heterocycles. The summed E-state index contributed by atoms with van der Waals surface area (Å²) < 4.78 is 1.70. The van der Waals surface area contributed by atoms with Gasteiger partial charge in [0.05, 0.1) is 16.9 Å². The number of rotatable bonds is 3. The summed E-state index contributed by atoms with van der Waals surface area (Å²) in [5.74, 6) is -0.0889. The van der Waals surface area contributed by atoms with E-state index in [0.717, 1.165) is 35.9 Å². The monoisotopic (exact) mass is 364 g/mol. The van der Waals surface area contributed by atoms with Gasteiger partial charge in [0.15, 0.2) is 5.69 Å². The third-order valence-electron chi connectivity index (χ3n) is 5.35. The van der Waals surface area contributed by atoms with Gasteiger partial charge in [0, 0.05) is 30.2 Å². The molecule has 1 aliphatic rings.